The van der Waals surface area contributed by atoms with E-state index in [0.717, 1.165) is 5.56 Å². The lowest BCUT2D eigenvalue weighted by Crippen LogP contribution is -2.41. The van der Waals surface area contributed by atoms with Gasteiger partial charge in [0.15, 0.2) is 0 Å². The number of nitrogens with one attached hydrogen (secondary N) is 1. The Balaban J connectivity index is 1.88. The van der Waals surface area contributed by atoms with Crippen molar-refractivity contribution >= 4 is 5.91 Å². The first-order valence-electron chi connectivity index (χ1n) is 6.79. The Morgan fingerprint density at radius 1 is 1.53 bits per heavy atom. The second-order valence-corrected chi connectivity index (χ2v) is 5.46. The minimum absolute atomic E-state index is 0.0841. The van der Waals surface area contributed by atoms with E-state index in [2.05, 4.69) is 24.2 Å². The maximum absolute atomic E-state index is 12.0. The van der Waals surface area contributed by atoms with Crippen molar-refractivity contribution in [2.24, 2.45) is 0 Å². The largest absolute Gasteiger partial charge is 0.508 e. The molecule has 0 spiro atoms. The van der Waals surface area contributed by atoms with Crippen molar-refractivity contribution in [1.82, 2.24) is 10.2 Å². The molecule has 4 heteroatoms. The first kappa shape index (κ1) is 13.9. The monoisotopic (exact) mass is 262 g/mol. The van der Waals surface area contributed by atoms with E-state index in [-0.39, 0.29) is 11.7 Å². The number of phenolic OH excluding ortho intramolecular Hbond substituents is 1. The molecule has 1 atom stereocenters. The number of nitrogens with zero attached hydrogens (tertiary/aromatic N) is 1. The van der Waals surface area contributed by atoms with Gasteiger partial charge in [-0.3, -0.25) is 9.69 Å². The van der Waals surface area contributed by atoms with E-state index in [1.165, 1.54) is 12.8 Å². The second-order valence-electron chi connectivity index (χ2n) is 5.46. The molecular weight excluding hydrogens is 240 g/mol. The highest BCUT2D eigenvalue weighted by atomic mass is 16.3. The van der Waals surface area contributed by atoms with Crippen molar-refractivity contribution in [2.45, 2.75) is 38.8 Å². The number of aryl methyl sites for hydroxylation is 1. The van der Waals surface area contributed by atoms with Crippen LogP contribution >= 0.6 is 0 Å². The van der Waals surface area contributed by atoms with Crippen molar-refractivity contribution in [2.75, 3.05) is 13.6 Å². The van der Waals surface area contributed by atoms with Gasteiger partial charge in [-0.05, 0) is 57.5 Å². The quantitative estimate of drug-likeness (QED) is 0.852. The first-order valence-corrected chi connectivity index (χ1v) is 6.79. The van der Waals surface area contributed by atoms with Crippen LogP contribution < -0.4 is 5.32 Å². The van der Waals surface area contributed by atoms with Crippen molar-refractivity contribution in [3.05, 3.63) is 29.3 Å². The van der Waals surface area contributed by atoms with Gasteiger partial charge < -0.3 is 10.4 Å². The molecule has 0 bridgehead atoms. The summed E-state index contributed by atoms with van der Waals surface area (Å²) in [5.41, 5.74) is 1.31. The molecule has 1 aliphatic carbocycles. The SMILES string of the molecule is Cc1cc(C(=O)NCC(C)N(C)C2CC2)ccc1O. The average molecular weight is 262 g/mol. The molecular formula is C15H22N2O2. The molecule has 2 N–H and O–H groups in total. The van der Waals surface area contributed by atoms with Crippen molar-refractivity contribution in [1.29, 1.82) is 0 Å². The zero-order valence-electron chi connectivity index (χ0n) is 11.8. The van der Waals surface area contributed by atoms with Crippen molar-refractivity contribution in [3.63, 3.8) is 0 Å². The topological polar surface area (TPSA) is 52.6 Å². The van der Waals surface area contributed by atoms with E-state index in [1.54, 1.807) is 25.1 Å². The molecule has 1 unspecified atom stereocenters. The smallest absolute Gasteiger partial charge is 0.251 e. The van der Waals surface area contributed by atoms with Crippen LogP contribution in [0.15, 0.2) is 18.2 Å². The third kappa shape index (κ3) is 3.47. The molecule has 0 aliphatic heterocycles. The van der Waals surface area contributed by atoms with Crippen LogP contribution in [-0.4, -0.2) is 41.6 Å². The number of hydrogen-bond acceptors (Lipinski definition) is 3. The Morgan fingerprint density at radius 2 is 2.21 bits per heavy atom. The van der Waals surface area contributed by atoms with Gasteiger partial charge in [0.05, 0.1) is 0 Å². The van der Waals surface area contributed by atoms with Crippen LogP contribution in [-0.2, 0) is 0 Å². The number of benzene rings is 1. The van der Waals surface area contributed by atoms with Crippen molar-refractivity contribution < 1.29 is 9.90 Å². The third-order valence-corrected chi connectivity index (χ3v) is 3.84. The molecule has 2 rings (SSSR count). The summed E-state index contributed by atoms with van der Waals surface area (Å²) in [5.74, 6) is 0.137. The molecule has 1 aromatic rings. The number of amides is 1. The second kappa shape index (κ2) is 5.61. The summed E-state index contributed by atoms with van der Waals surface area (Å²) >= 11 is 0. The van der Waals surface area contributed by atoms with Gasteiger partial charge in [0, 0.05) is 24.2 Å². The van der Waals surface area contributed by atoms with Gasteiger partial charge in [0.1, 0.15) is 5.75 Å². The van der Waals surface area contributed by atoms with Crippen LogP contribution in [0.5, 0.6) is 5.75 Å². The fraction of sp³-hybridized carbons (Fsp3) is 0.533. The number of hydrogen-bond donors (Lipinski definition) is 2. The van der Waals surface area contributed by atoms with Crippen molar-refractivity contribution in [3.8, 4) is 5.75 Å². The van der Waals surface area contributed by atoms with Gasteiger partial charge in [0.25, 0.3) is 5.91 Å². The Hall–Kier alpha value is -1.55. The lowest BCUT2D eigenvalue weighted by molar-refractivity contribution is 0.0939. The fourth-order valence-corrected chi connectivity index (χ4v) is 2.12. The molecule has 0 saturated heterocycles. The molecule has 1 aliphatic rings. The zero-order chi connectivity index (χ0) is 14.0. The lowest BCUT2D eigenvalue weighted by Gasteiger charge is -2.24. The van der Waals surface area contributed by atoms with Gasteiger partial charge in [0.2, 0.25) is 0 Å². The third-order valence-electron chi connectivity index (χ3n) is 3.84. The van der Waals surface area contributed by atoms with E-state index in [4.69, 9.17) is 0 Å². The molecule has 19 heavy (non-hydrogen) atoms. The number of likely N-dealkylation sites (N-methyl/N-ethyl adjacent to an activating group) is 1. The highest BCUT2D eigenvalue weighted by Gasteiger charge is 2.29. The summed E-state index contributed by atoms with van der Waals surface area (Å²) in [4.78, 5) is 14.3. The minimum Gasteiger partial charge on any atom is -0.508 e. The molecule has 1 fully saturated rings. The number of carbonyl (C=O) groups excluding carboxylic acids is 1. The minimum atomic E-state index is -0.0841. The zero-order valence-corrected chi connectivity index (χ0v) is 11.8. The molecule has 1 saturated carbocycles. The van der Waals surface area contributed by atoms with Gasteiger partial charge in [-0.1, -0.05) is 0 Å². The number of rotatable bonds is 5. The molecule has 0 heterocycles. The Bertz CT molecular complexity index is 469. The number of phenols is 1. The molecule has 0 radical (unpaired) electrons. The summed E-state index contributed by atoms with van der Waals surface area (Å²) in [6.45, 7) is 4.56. The Labute approximate surface area is 114 Å². The predicted octanol–water partition coefficient (Wildman–Crippen LogP) is 1.91. The average Bonchev–Trinajstić information content (AvgIpc) is 3.22. The van der Waals surface area contributed by atoms with Gasteiger partial charge in [-0.2, -0.15) is 0 Å². The van der Waals surface area contributed by atoms with Crippen LogP contribution in [0.1, 0.15) is 35.7 Å². The van der Waals surface area contributed by atoms with E-state index in [0.29, 0.717) is 24.2 Å². The van der Waals surface area contributed by atoms with E-state index >= 15 is 0 Å². The number of aromatic hydroxyl groups is 1. The molecule has 1 aromatic carbocycles. The van der Waals surface area contributed by atoms with Gasteiger partial charge in [-0.15, -0.1) is 0 Å². The van der Waals surface area contributed by atoms with E-state index in [9.17, 15) is 9.90 Å². The lowest BCUT2D eigenvalue weighted by atomic mass is 10.1. The maximum Gasteiger partial charge on any atom is 0.251 e. The highest BCUT2D eigenvalue weighted by molar-refractivity contribution is 5.94. The van der Waals surface area contributed by atoms with Crippen LogP contribution in [0.4, 0.5) is 0 Å². The van der Waals surface area contributed by atoms with Crippen LogP contribution in [0.3, 0.4) is 0 Å². The summed E-state index contributed by atoms with van der Waals surface area (Å²) in [6, 6.07) is 5.95. The first-order chi connectivity index (χ1) is 8.99. The van der Waals surface area contributed by atoms with E-state index in [1.807, 2.05) is 0 Å². The van der Waals surface area contributed by atoms with Gasteiger partial charge >= 0.3 is 0 Å². The Kier molecular flexibility index (Phi) is 4.10. The van der Waals surface area contributed by atoms with Crippen LogP contribution in [0, 0.1) is 6.92 Å². The highest BCUT2D eigenvalue weighted by Crippen LogP contribution is 2.26. The van der Waals surface area contributed by atoms with E-state index < -0.39 is 0 Å². The molecule has 104 valence electrons. The normalized spacial score (nSPS) is 16.4. The fourth-order valence-electron chi connectivity index (χ4n) is 2.12. The summed E-state index contributed by atoms with van der Waals surface area (Å²) in [6.07, 6.45) is 2.54. The maximum atomic E-state index is 12.0. The van der Waals surface area contributed by atoms with Gasteiger partial charge in [-0.25, -0.2) is 0 Å². The summed E-state index contributed by atoms with van der Waals surface area (Å²) in [5, 5.41) is 12.4. The standard InChI is InChI=1S/C15H22N2O2/c1-10-8-12(4-7-14(10)18)15(19)16-9-11(2)17(3)13-5-6-13/h4,7-8,11,13,18H,5-6,9H2,1-3H3,(H,16,19). The van der Waals surface area contributed by atoms with Crippen LogP contribution in [0.2, 0.25) is 0 Å². The molecule has 4 nitrogen and oxygen atoms in total. The Morgan fingerprint density at radius 3 is 2.79 bits per heavy atom. The summed E-state index contributed by atoms with van der Waals surface area (Å²) < 4.78 is 0. The molecule has 1 amide bonds. The predicted molar refractivity (Wildman–Crippen MR) is 75.4 cm³/mol. The number of carbonyl (C=O) groups is 1. The summed E-state index contributed by atoms with van der Waals surface area (Å²) in [7, 11) is 2.11. The van der Waals surface area contributed by atoms with Crippen LogP contribution in [0.25, 0.3) is 0 Å². The molecule has 0 aromatic heterocycles.